The van der Waals surface area contributed by atoms with Gasteiger partial charge in [-0.05, 0) is 30.3 Å². The van der Waals surface area contributed by atoms with Gasteiger partial charge in [0, 0.05) is 17.7 Å². The average molecular weight is 401 g/mol. The lowest BCUT2D eigenvalue weighted by Crippen LogP contribution is -3.06. The molecule has 9 heteroatoms. The number of hydrogen-bond donors (Lipinski definition) is 1. The van der Waals surface area contributed by atoms with E-state index < -0.39 is 4.92 Å². The van der Waals surface area contributed by atoms with Crippen molar-refractivity contribution in [3.05, 3.63) is 58.1 Å². The predicted octanol–water partition coefficient (Wildman–Crippen LogP) is 2.00. The number of nitro benzene ring substituents is 1. The Balaban J connectivity index is 1.95. The maximum absolute atomic E-state index is 13.1. The minimum Gasteiger partial charge on any atom is -0.497 e. The van der Waals surface area contributed by atoms with Gasteiger partial charge in [-0.2, -0.15) is 0 Å². The number of fused-ring (bicyclic) bond motifs is 1. The summed E-state index contributed by atoms with van der Waals surface area (Å²) in [6.07, 6.45) is 0. The van der Waals surface area contributed by atoms with Crippen molar-refractivity contribution in [2.75, 3.05) is 39.2 Å². The van der Waals surface area contributed by atoms with Crippen LogP contribution in [0.5, 0.6) is 5.75 Å². The summed E-state index contributed by atoms with van der Waals surface area (Å²) in [5, 5.41) is 11.4. The minimum absolute atomic E-state index is 0.0482. The summed E-state index contributed by atoms with van der Waals surface area (Å²) in [6.45, 7) is 1.22. The van der Waals surface area contributed by atoms with Crippen LogP contribution in [0.2, 0.25) is 0 Å². The summed E-state index contributed by atoms with van der Waals surface area (Å²) in [4.78, 5) is 30.9. The monoisotopic (exact) mass is 401 g/mol. The molecule has 8 nitrogen and oxygen atoms in total. The van der Waals surface area contributed by atoms with Crippen molar-refractivity contribution in [2.24, 2.45) is 0 Å². The largest absolute Gasteiger partial charge is 0.497 e. The van der Waals surface area contributed by atoms with Crippen molar-refractivity contribution in [1.82, 2.24) is 4.98 Å². The number of hydrogen-bond acceptors (Lipinski definition) is 6. The zero-order chi connectivity index (χ0) is 20.3. The van der Waals surface area contributed by atoms with Gasteiger partial charge in [0.05, 0.1) is 49.4 Å². The van der Waals surface area contributed by atoms with Gasteiger partial charge in [-0.1, -0.05) is 11.3 Å². The Kier molecular flexibility index (Phi) is 5.86. The highest BCUT2D eigenvalue weighted by molar-refractivity contribution is 7.22. The topological polar surface area (TPSA) is 90.0 Å². The fraction of sp³-hybridized carbons (Fsp3) is 0.263. The predicted molar refractivity (Wildman–Crippen MR) is 109 cm³/mol. The van der Waals surface area contributed by atoms with Gasteiger partial charge < -0.3 is 9.64 Å². The first kappa shape index (κ1) is 19.7. The molecule has 1 aromatic heterocycles. The molecule has 0 atom stereocenters. The van der Waals surface area contributed by atoms with Crippen LogP contribution >= 0.6 is 11.3 Å². The summed E-state index contributed by atoms with van der Waals surface area (Å²) in [5.41, 5.74) is 1.13. The number of ether oxygens (including phenoxy) is 1. The summed E-state index contributed by atoms with van der Waals surface area (Å²) >= 11 is 1.41. The van der Waals surface area contributed by atoms with E-state index in [4.69, 9.17) is 4.74 Å². The number of nitrogens with zero attached hydrogens (tertiary/aromatic N) is 3. The number of likely N-dealkylation sites (N-methyl/N-ethyl adjacent to an activating group) is 1. The number of carbonyl (C=O) groups excluding carboxylic acids is 1. The molecule has 3 aromatic rings. The Morgan fingerprint density at radius 3 is 2.57 bits per heavy atom. The van der Waals surface area contributed by atoms with Crippen LogP contribution in [0.4, 0.5) is 10.8 Å². The maximum Gasteiger partial charge on any atom is 0.269 e. The number of quaternary nitrogens is 1. The fourth-order valence-electron chi connectivity index (χ4n) is 2.64. The first-order valence-electron chi connectivity index (χ1n) is 8.69. The number of benzene rings is 2. The second-order valence-electron chi connectivity index (χ2n) is 6.55. The van der Waals surface area contributed by atoms with Crippen LogP contribution < -0.4 is 14.5 Å². The molecule has 1 N–H and O–H groups in total. The molecular formula is C19H21N4O4S+. The van der Waals surface area contributed by atoms with E-state index in [1.807, 2.05) is 32.3 Å². The number of rotatable bonds is 7. The molecule has 1 heterocycles. The van der Waals surface area contributed by atoms with Gasteiger partial charge >= 0.3 is 0 Å². The minimum atomic E-state index is -0.484. The van der Waals surface area contributed by atoms with E-state index in [0.29, 0.717) is 17.2 Å². The van der Waals surface area contributed by atoms with Crippen molar-refractivity contribution >= 4 is 38.3 Å². The molecule has 1 amide bonds. The smallest absolute Gasteiger partial charge is 0.269 e. The molecule has 146 valence electrons. The average Bonchev–Trinajstić information content (AvgIpc) is 3.10. The zero-order valence-electron chi connectivity index (χ0n) is 15.8. The van der Waals surface area contributed by atoms with E-state index >= 15 is 0 Å². The third kappa shape index (κ3) is 4.26. The fourth-order valence-corrected chi connectivity index (χ4v) is 3.65. The number of amides is 1. The third-order valence-electron chi connectivity index (χ3n) is 4.22. The van der Waals surface area contributed by atoms with Gasteiger partial charge in [0.25, 0.3) is 11.6 Å². The molecule has 2 aromatic carbocycles. The Morgan fingerprint density at radius 1 is 1.25 bits per heavy atom. The van der Waals surface area contributed by atoms with E-state index in [9.17, 15) is 14.9 Å². The Labute approximate surface area is 166 Å². The number of non-ortho nitro benzene ring substituents is 1. The molecule has 0 spiro atoms. The normalized spacial score (nSPS) is 11.0. The van der Waals surface area contributed by atoms with Gasteiger partial charge in [0.2, 0.25) is 0 Å². The highest BCUT2D eigenvalue weighted by atomic mass is 32.1. The summed E-state index contributed by atoms with van der Waals surface area (Å²) in [6, 6.07) is 11.2. The van der Waals surface area contributed by atoms with Crippen molar-refractivity contribution in [2.45, 2.75) is 0 Å². The molecule has 28 heavy (non-hydrogen) atoms. The van der Waals surface area contributed by atoms with E-state index in [1.165, 1.54) is 40.5 Å². The van der Waals surface area contributed by atoms with E-state index in [1.54, 1.807) is 12.0 Å². The Hall–Kier alpha value is -3.04. The second kappa shape index (κ2) is 8.32. The van der Waals surface area contributed by atoms with Crippen molar-refractivity contribution in [3.63, 3.8) is 0 Å². The van der Waals surface area contributed by atoms with Gasteiger partial charge in [-0.25, -0.2) is 4.98 Å². The molecule has 0 bridgehead atoms. The highest BCUT2D eigenvalue weighted by Gasteiger charge is 2.23. The van der Waals surface area contributed by atoms with Gasteiger partial charge in [0.15, 0.2) is 5.13 Å². The maximum atomic E-state index is 13.1. The third-order valence-corrected chi connectivity index (χ3v) is 5.26. The first-order chi connectivity index (χ1) is 13.4. The van der Waals surface area contributed by atoms with Crippen LogP contribution in [0.1, 0.15) is 10.4 Å². The number of thiazole rings is 1. The number of methoxy groups -OCH3 is 1. The molecule has 0 aliphatic rings. The summed E-state index contributed by atoms with van der Waals surface area (Å²) < 4.78 is 6.18. The van der Waals surface area contributed by atoms with Crippen LogP contribution in [0.25, 0.3) is 10.2 Å². The molecule has 0 saturated heterocycles. The van der Waals surface area contributed by atoms with Gasteiger partial charge in [-0.15, -0.1) is 0 Å². The molecule has 0 radical (unpaired) electrons. The molecule has 3 rings (SSSR count). The van der Waals surface area contributed by atoms with Crippen LogP contribution in [-0.2, 0) is 0 Å². The van der Waals surface area contributed by atoms with Crippen molar-refractivity contribution in [1.29, 1.82) is 0 Å². The standard InChI is InChI=1S/C19H20N4O4S/c1-21(2)10-11-22(18(24)13-4-6-14(7-5-13)23(25)26)19-20-16-9-8-15(27-3)12-17(16)28-19/h4-9,12H,10-11H2,1-3H3/p+1. The quantitative estimate of drug-likeness (QED) is 0.483. The molecule has 0 fully saturated rings. The van der Waals surface area contributed by atoms with Crippen LogP contribution in [0.15, 0.2) is 42.5 Å². The molecule has 0 unspecified atom stereocenters. The summed E-state index contributed by atoms with van der Waals surface area (Å²) in [5.74, 6) is 0.496. The zero-order valence-corrected chi connectivity index (χ0v) is 16.7. The number of carbonyl (C=O) groups is 1. The van der Waals surface area contributed by atoms with Crippen molar-refractivity contribution < 1.29 is 19.4 Å². The lowest BCUT2D eigenvalue weighted by molar-refractivity contribution is -0.856. The lowest BCUT2D eigenvalue weighted by atomic mass is 10.2. The summed E-state index contributed by atoms with van der Waals surface area (Å²) in [7, 11) is 5.63. The lowest BCUT2D eigenvalue weighted by Gasteiger charge is -2.20. The molecule has 0 aliphatic heterocycles. The highest BCUT2D eigenvalue weighted by Crippen LogP contribution is 2.32. The number of aromatic nitrogens is 1. The van der Waals surface area contributed by atoms with Crippen LogP contribution in [0.3, 0.4) is 0 Å². The molecular weight excluding hydrogens is 380 g/mol. The molecule has 0 aliphatic carbocycles. The molecule has 0 saturated carbocycles. The van der Waals surface area contributed by atoms with Gasteiger partial charge in [-0.3, -0.25) is 19.8 Å². The second-order valence-corrected chi connectivity index (χ2v) is 7.56. The Bertz CT molecular complexity index is 1000. The van der Waals surface area contributed by atoms with E-state index in [0.717, 1.165) is 22.5 Å². The first-order valence-corrected chi connectivity index (χ1v) is 9.50. The van der Waals surface area contributed by atoms with E-state index in [2.05, 4.69) is 4.98 Å². The van der Waals surface area contributed by atoms with Crippen molar-refractivity contribution in [3.8, 4) is 5.75 Å². The SMILES string of the molecule is COc1ccc2nc(N(CC[NH+](C)C)C(=O)c3ccc([N+](=O)[O-])cc3)sc2c1. The van der Waals surface area contributed by atoms with E-state index in [-0.39, 0.29) is 11.6 Å². The number of anilines is 1. The van der Waals surface area contributed by atoms with Crippen LogP contribution in [-0.4, -0.2) is 50.1 Å². The Morgan fingerprint density at radius 2 is 1.96 bits per heavy atom. The van der Waals surface area contributed by atoms with Gasteiger partial charge in [0.1, 0.15) is 5.75 Å². The number of nitro groups is 1. The number of nitrogens with one attached hydrogen (secondary N) is 1. The van der Waals surface area contributed by atoms with Crippen LogP contribution in [0, 0.1) is 10.1 Å².